The lowest BCUT2D eigenvalue weighted by atomic mass is 10.1. The number of hydrogen-bond donors (Lipinski definition) is 1. The van der Waals surface area contributed by atoms with Crippen molar-refractivity contribution in [1.82, 2.24) is 5.32 Å². The highest BCUT2D eigenvalue weighted by Gasteiger charge is 2.31. The van der Waals surface area contributed by atoms with Gasteiger partial charge < -0.3 is 10.1 Å². The standard InChI is InChI=1S/C20H26N2O4S/c1-5-19(20(23)21-14-16-8-12-18(26-3)13-9-16)22(27(4,24)25)17-10-6-15(2)7-11-17/h6-13,19H,5,14H2,1-4H3,(H,21,23). The summed E-state index contributed by atoms with van der Waals surface area (Å²) in [5, 5.41) is 2.84. The van der Waals surface area contributed by atoms with Gasteiger partial charge in [-0.05, 0) is 43.2 Å². The van der Waals surface area contributed by atoms with E-state index in [9.17, 15) is 13.2 Å². The molecule has 0 heterocycles. The van der Waals surface area contributed by atoms with Gasteiger partial charge in [-0.1, -0.05) is 36.8 Å². The maximum absolute atomic E-state index is 12.8. The van der Waals surface area contributed by atoms with Crippen LogP contribution in [0, 0.1) is 6.92 Å². The first-order valence-electron chi connectivity index (χ1n) is 8.73. The van der Waals surface area contributed by atoms with E-state index in [0.717, 1.165) is 23.1 Å². The van der Waals surface area contributed by atoms with Crippen molar-refractivity contribution >= 4 is 21.6 Å². The van der Waals surface area contributed by atoms with Crippen molar-refractivity contribution < 1.29 is 17.9 Å². The van der Waals surface area contributed by atoms with Crippen LogP contribution in [0.2, 0.25) is 0 Å². The van der Waals surface area contributed by atoms with Crippen molar-refractivity contribution in [2.45, 2.75) is 32.9 Å². The molecule has 2 aromatic rings. The highest BCUT2D eigenvalue weighted by Crippen LogP contribution is 2.23. The van der Waals surface area contributed by atoms with E-state index in [1.165, 1.54) is 4.31 Å². The maximum Gasteiger partial charge on any atom is 0.244 e. The molecule has 27 heavy (non-hydrogen) atoms. The van der Waals surface area contributed by atoms with Gasteiger partial charge in [0.2, 0.25) is 15.9 Å². The summed E-state index contributed by atoms with van der Waals surface area (Å²) in [7, 11) is -2.03. The molecule has 0 bridgehead atoms. The Morgan fingerprint density at radius 3 is 2.19 bits per heavy atom. The number of anilines is 1. The third-order valence-corrected chi connectivity index (χ3v) is 5.42. The summed E-state index contributed by atoms with van der Waals surface area (Å²) in [6.07, 6.45) is 1.47. The summed E-state index contributed by atoms with van der Waals surface area (Å²) in [6, 6.07) is 13.6. The Morgan fingerprint density at radius 1 is 1.11 bits per heavy atom. The van der Waals surface area contributed by atoms with Crippen LogP contribution in [0.4, 0.5) is 5.69 Å². The van der Waals surface area contributed by atoms with Crippen LogP contribution in [-0.4, -0.2) is 33.7 Å². The minimum atomic E-state index is -3.62. The normalized spacial score (nSPS) is 12.3. The van der Waals surface area contributed by atoms with E-state index < -0.39 is 16.1 Å². The number of methoxy groups -OCH3 is 1. The zero-order chi connectivity index (χ0) is 20.0. The quantitative estimate of drug-likeness (QED) is 0.752. The Balaban J connectivity index is 2.19. The summed E-state index contributed by atoms with van der Waals surface area (Å²) in [5.41, 5.74) is 2.40. The van der Waals surface area contributed by atoms with Crippen LogP contribution in [0.25, 0.3) is 0 Å². The number of amides is 1. The zero-order valence-corrected chi connectivity index (χ0v) is 16.9. The molecule has 146 valence electrons. The summed E-state index contributed by atoms with van der Waals surface area (Å²) in [4.78, 5) is 12.8. The van der Waals surface area contributed by atoms with Gasteiger partial charge in [0.25, 0.3) is 0 Å². The van der Waals surface area contributed by atoms with Gasteiger partial charge in [-0.25, -0.2) is 8.42 Å². The number of benzene rings is 2. The second kappa shape index (κ2) is 8.90. The van der Waals surface area contributed by atoms with Gasteiger partial charge >= 0.3 is 0 Å². The molecule has 1 unspecified atom stereocenters. The fourth-order valence-electron chi connectivity index (χ4n) is 2.80. The van der Waals surface area contributed by atoms with E-state index in [2.05, 4.69) is 5.32 Å². The Kier molecular flexibility index (Phi) is 6.85. The number of rotatable bonds is 8. The van der Waals surface area contributed by atoms with Gasteiger partial charge in [0.15, 0.2) is 0 Å². The predicted octanol–water partition coefficient (Wildman–Crippen LogP) is 2.86. The van der Waals surface area contributed by atoms with E-state index >= 15 is 0 Å². The van der Waals surface area contributed by atoms with Gasteiger partial charge in [0.1, 0.15) is 11.8 Å². The fourth-order valence-corrected chi connectivity index (χ4v) is 4.01. The first-order valence-corrected chi connectivity index (χ1v) is 10.6. The van der Waals surface area contributed by atoms with Crippen LogP contribution < -0.4 is 14.4 Å². The SMILES string of the molecule is CCC(C(=O)NCc1ccc(OC)cc1)N(c1ccc(C)cc1)S(C)(=O)=O. The summed E-state index contributed by atoms with van der Waals surface area (Å²) >= 11 is 0. The lowest BCUT2D eigenvalue weighted by Gasteiger charge is -2.30. The Hall–Kier alpha value is -2.54. The maximum atomic E-state index is 12.8. The van der Waals surface area contributed by atoms with Gasteiger partial charge in [-0.15, -0.1) is 0 Å². The molecule has 2 rings (SSSR count). The molecule has 2 aromatic carbocycles. The lowest BCUT2D eigenvalue weighted by Crippen LogP contribution is -2.49. The summed E-state index contributed by atoms with van der Waals surface area (Å²) in [6.45, 7) is 4.03. The third-order valence-electron chi connectivity index (χ3n) is 4.24. The topological polar surface area (TPSA) is 75.7 Å². The molecule has 0 spiro atoms. The van der Waals surface area contributed by atoms with Crippen molar-refractivity contribution in [2.24, 2.45) is 0 Å². The molecule has 0 aliphatic carbocycles. The second-order valence-electron chi connectivity index (χ2n) is 6.38. The first kappa shape index (κ1) is 20.8. The minimum Gasteiger partial charge on any atom is -0.497 e. The van der Waals surface area contributed by atoms with Gasteiger partial charge in [0, 0.05) is 6.54 Å². The van der Waals surface area contributed by atoms with Crippen LogP contribution >= 0.6 is 0 Å². The summed E-state index contributed by atoms with van der Waals surface area (Å²) in [5.74, 6) is 0.401. The Labute approximate surface area is 161 Å². The molecule has 7 heteroatoms. The first-order chi connectivity index (χ1) is 12.8. The van der Waals surface area contributed by atoms with E-state index in [4.69, 9.17) is 4.74 Å². The zero-order valence-electron chi connectivity index (χ0n) is 16.1. The number of nitrogens with one attached hydrogen (secondary N) is 1. The van der Waals surface area contributed by atoms with Crippen LogP contribution in [0.15, 0.2) is 48.5 Å². The highest BCUT2D eigenvalue weighted by atomic mass is 32.2. The molecule has 0 radical (unpaired) electrons. The molecule has 1 N–H and O–H groups in total. The Bertz CT molecular complexity index is 862. The van der Waals surface area contributed by atoms with Gasteiger partial charge in [0.05, 0.1) is 19.1 Å². The van der Waals surface area contributed by atoms with Crippen molar-refractivity contribution in [2.75, 3.05) is 17.7 Å². The molecule has 0 saturated heterocycles. The lowest BCUT2D eigenvalue weighted by molar-refractivity contribution is -0.122. The van der Waals surface area contributed by atoms with Gasteiger partial charge in [-0.3, -0.25) is 9.10 Å². The number of carbonyl (C=O) groups excluding carboxylic acids is 1. The molecule has 0 fully saturated rings. The average Bonchev–Trinajstić information content (AvgIpc) is 2.64. The molecular weight excluding hydrogens is 364 g/mol. The van der Waals surface area contributed by atoms with E-state index in [0.29, 0.717) is 18.7 Å². The molecule has 0 aliphatic rings. The van der Waals surface area contributed by atoms with E-state index in [-0.39, 0.29) is 5.91 Å². The molecule has 0 aliphatic heterocycles. The number of hydrogen-bond acceptors (Lipinski definition) is 4. The number of nitrogens with zero attached hydrogens (tertiary/aromatic N) is 1. The molecule has 1 atom stereocenters. The smallest absolute Gasteiger partial charge is 0.244 e. The average molecular weight is 391 g/mol. The monoisotopic (exact) mass is 390 g/mol. The minimum absolute atomic E-state index is 0.310. The van der Waals surface area contributed by atoms with E-state index in [1.807, 2.05) is 43.3 Å². The predicted molar refractivity (Wildman–Crippen MR) is 107 cm³/mol. The third kappa shape index (κ3) is 5.47. The number of aryl methyl sites for hydroxylation is 1. The molecule has 0 aromatic heterocycles. The Morgan fingerprint density at radius 2 is 1.70 bits per heavy atom. The van der Waals surface area contributed by atoms with Crippen LogP contribution in [-0.2, 0) is 21.4 Å². The van der Waals surface area contributed by atoms with E-state index in [1.54, 1.807) is 26.2 Å². The molecule has 1 amide bonds. The van der Waals surface area contributed by atoms with Gasteiger partial charge in [-0.2, -0.15) is 0 Å². The number of ether oxygens (including phenoxy) is 1. The van der Waals surface area contributed by atoms with Crippen LogP contribution in [0.3, 0.4) is 0 Å². The van der Waals surface area contributed by atoms with Crippen molar-refractivity contribution in [3.63, 3.8) is 0 Å². The van der Waals surface area contributed by atoms with Crippen LogP contribution in [0.5, 0.6) is 5.75 Å². The highest BCUT2D eigenvalue weighted by molar-refractivity contribution is 7.92. The largest absolute Gasteiger partial charge is 0.497 e. The molecule has 6 nitrogen and oxygen atoms in total. The molecule has 0 saturated carbocycles. The van der Waals surface area contributed by atoms with Crippen LogP contribution in [0.1, 0.15) is 24.5 Å². The molecular formula is C20H26N2O4S. The fraction of sp³-hybridized carbons (Fsp3) is 0.350. The second-order valence-corrected chi connectivity index (χ2v) is 8.24. The summed E-state index contributed by atoms with van der Waals surface area (Å²) < 4.78 is 31.1. The van der Waals surface area contributed by atoms with Crippen molar-refractivity contribution in [3.8, 4) is 5.75 Å². The van der Waals surface area contributed by atoms with Crippen molar-refractivity contribution in [3.05, 3.63) is 59.7 Å². The van der Waals surface area contributed by atoms with Crippen molar-refractivity contribution in [1.29, 1.82) is 0 Å². The number of sulfonamides is 1. The number of carbonyl (C=O) groups is 1.